The molecule has 0 aromatic carbocycles. The minimum absolute atomic E-state index is 0.144. The maximum absolute atomic E-state index is 12.0. The van der Waals surface area contributed by atoms with Gasteiger partial charge in [-0.3, -0.25) is 4.68 Å². The first-order valence-corrected chi connectivity index (χ1v) is 8.04. The maximum atomic E-state index is 12.0. The largest absolute Gasteiger partial charge is 0.391 e. The first-order valence-electron chi connectivity index (χ1n) is 5.68. The van der Waals surface area contributed by atoms with Gasteiger partial charge in [-0.15, -0.1) is 11.3 Å². The summed E-state index contributed by atoms with van der Waals surface area (Å²) < 4.78 is 28.2. The Labute approximate surface area is 115 Å². The summed E-state index contributed by atoms with van der Waals surface area (Å²) in [6, 6.07) is 3.33. The molecular weight excluding hydrogens is 286 g/mol. The van der Waals surface area contributed by atoms with Crippen LogP contribution in [-0.2, 0) is 30.1 Å². The topological polar surface area (TPSA) is 84.2 Å². The van der Waals surface area contributed by atoms with Crippen molar-refractivity contribution in [1.82, 2.24) is 14.5 Å². The zero-order valence-electron chi connectivity index (χ0n) is 10.4. The molecule has 0 bridgehead atoms. The molecule has 19 heavy (non-hydrogen) atoms. The molecule has 0 radical (unpaired) electrons. The van der Waals surface area contributed by atoms with Gasteiger partial charge in [-0.2, -0.15) is 5.10 Å². The Morgan fingerprint density at radius 1 is 1.53 bits per heavy atom. The summed E-state index contributed by atoms with van der Waals surface area (Å²) in [7, 11) is -1.68. The van der Waals surface area contributed by atoms with Gasteiger partial charge in [-0.25, -0.2) is 13.1 Å². The van der Waals surface area contributed by atoms with Crippen LogP contribution in [-0.4, -0.2) is 29.8 Å². The highest BCUT2D eigenvalue weighted by molar-refractivity contribution is 7.89. The summed E-state index contributed by atoms with van der Waals surface area (Å²) in [6.07, 6.45) is 2.25. The first kappa shape index (κ1) is 14.2. The molecule has 2 heterocycles. The van der Waals surface area contributed by atoms with E-state index in [-0.39, 0.29) is 11.5 Å². The number of thiophene rings is 1. The van der Waals surface area contributed by atoms with Crippen LogP contribution >= 0.6 is 11.3 Å². The molecule has 0 spiro atoms. The van der Waals surface area contributed by atoms with Crippen molar-refractivity contribution < 1.29 is 13.5 Å². The number of nitrogens with one attached hydrogen (secondary N) is 1. The summed E-state index contributed by atoms with van der Waals surface area (Å²) >= 11 is 1.23. The van der Waals surface area contributed by atoms with Crippen molar-refractivity contribution >= 4 is 21.4 Å². The summed E-state index contributed by atoms with van der Waals surface area (Å²) in [5.74, 6) is 0. The lowest BCUT2D eigenvalue weighted by molar-refractivity contribution is 0.285. The van der Waals surface area contributed by atoms with E-state index >= 15 is 0 Å². The van der Waals surface area contributed by atoms with Crippen molar-refractivity contribution in [3.8, 4) is 0 Å². The van der Waals surface area contributed by atoms with Crippen LogP contribution in [0.1, 0.15) is 10.6 Å². The van der Waals surface area contributed by atoms with E-state index in [1.807, 2.05) is 13.1 Å². The Morgan fingerprint density at radius 3 is 2.89 bits per heavy atom. The van der Waals surface area contributed by atoms with Gasteiger partial charge in [0, 0.05) is 42.2 Å². The van der Waals surface area contributed by atoms with Crippen LogP contribution in [0.2, 0.25) is 0 Å². The second-order valence-corrected chi connectivity index (χ2v) is 6.76. The van der Waals surface area contributed by atoms with Gasteiger partial charge in [0.15, 0.2) is 0 Å². The smallest absolute Gasteiger partial charge is 0.241 e. The number of aryl methyl sites for hydroxylation is 1. The summed E-state index contributed by atoms with van der Waals surface area (Å²) in [5, 5.41) is 14.5. The number of hydrogen-bond donors (Lipinski definition) is 2. The molecule has 2 aromatic rings. The minimum Gasteiger partial charge on any atom is -0.391 e. The van der Waals surface area contributed by atoms with E-state index in [4.69, 9.17) is 5.11 Å². The van der Waals surface area contributed by atoms with Crippen molar-refractivity contribution in [2.45, 2.75) is 17.9 Å². The van der Waals surface area contributed by atoms with Gasteiger partial charge in [0.1, 0.15) is 0 Å². The lowest BCUT2D eigenvalue weighted by Crippen LogP contribution is -2.26. The maximum Gasteiger partial charge on any atom is 0.241 e. The fraction of sp³-hybridized carbons (Fsp3) is 0.364. The van der Waals surface area contributed by atoms with Crippen molar-refractivity contribution in [2.75, 3.05) is 6.54 Å². The number of aliphatic hydroxyl groups excluding tert-OH is 1. The molecule has 2 rings (SSSR count). The molecule has 6 nitrogen and oxygen atoms in total. The number of aliphatic hydroxyl groups is 1. The molecule has 104 valence electrons. The van der Waals surface area contributed by atoms with Gasteiger partial charge < -0.3 is 5.11 Å². The van der Waals surface area contributed by atoms with Crippen LogP contribution < -0.4 is 4.72 Å². The Kier molecular flexibility index (Phi) is 4.35. The van der Waals surface area contributed by atoms with E-state index in [1.54, 1.807) is 10.9 Å². The highest BCUT2D eigenvalue weighted by atomic mass is 32.2. The number of hydrogen-bond acceptors (Lipinski definition) is 5. The third-order valence-corrected chi connectivity index (χ3v) is 5.20. The zero-order valence-corrected chi connectivity index (χ0v) is 12.0. The Morgan fingerprint density at radius 2 is 2.32 bits per heavy atom. The van der Waals surface area contributed by atoms with E-state index in [0.29, 0.717) is 17.8 Å². The normalized spacial score (nSPS) is 11.9. The first-order chi connectivity index (χ1) is 9.03. The molecule has 0 aliphatic heterocycles. The number of sulfonamides is 1. The summed E-state index contributed by atoms with van der Waals surface area (Å²) in [6.45, 7) is 0.168. The molecule has 0 fully saturated rings. The van der Waals surface area contributed by atoms with Crippen LogP contribution in [0.3, 0.4) is 0 Å². The minimum atomic E-state index is -3.50. The SMILES string of the molecule is Cn1nccc1CCNS(=O)(=O)c1csc(CO)c1. The van der Waals surface area contributed by atoms with Gasteiger partial charge in [0.25, 0.3) is 0 Å². The Hall–Kier alpha value is -1.22. The standard InChI is InChI=1S/C11H15N3O3S2/c1-14-9(2-4-12-14)3-5-13-19(16,17)11-6-10(7-15)18-8-11/h2,4,6,8,13,15H,3,5,7H2,1H3. The van der Waals surface area contributed by atoms with Gasteiger partial charge in [0.05, 0.1) is 11.5 Å². The van der Waals surface area contributed by atoms with E-state index in [9.17, 15) is 8.42 Å². The quantitative estimate of drug-likeness (QED) is 0.813. The molecule has 0 atom stereocenters. The van der Waals surface area contributed by atoms with Gasteiger partial charge in [0.2, 0.25) is 10.0 Å². The number of nitrogens with zero attached hydrogens (tertiary/aromatic N) is 2. The van der Waals surface area contributed by atoms with Crippen molar-refractivity contribution in [2.24, 2.45) is 7.05 Å². The van der Waals surface area contributed by atoms with Gasteiger partial charge >= 0.3 is 0 Å². The summed E-state index contributed by atoms with van der Waals surface area (Å²) in [4.78, 5) is 0.832. The molecule has 2 aromatic heterocycles. The van der Waals surface area contributed by atoms with Crippen LogP contribution in [0, 0.1) is 0 Å². The van der Waals surface area contributed by atoms with Gasteiger partial charge in [-0.1, -0.05) is 0 Å². The van der Waals surface area contributed by atoms with E-state index in [2.05, 4.69) is 9.82 Å². The van der Waals surface area contributed by atoms with Crippen molar-refractivity contribution in [3.05, 3.63) is 34.3 Å². The lowest BCUT2D eigenvalue weighted by Gasteiger charge is -2.05. The average molecular weight is 301 g/mol. The molecular formula is C11H15N3O3S2. The third kappa shape index (κ3) is 3.41. The fourth-order valence-corrected chi connectivity index (χ4v) is 3.79. The average Bonchev–Trinajstić information content (AvgIpc) is 2.99. The number of aromatic nitrogens is 2. The van der Waals surface area contributed by atoms with Crippen LogP contribution in [0.5, 0.6) is 0 Å². The molecule has 0 saturated heterocycles. The van der Waals surface area contributed by atoms with Crippen LogP contribution in [0.15, 0.2) is 28.6 Å². The molecule has 0 aliphatic rings. The van der Waals surface area contributed by atoms with E-state index in [1.165, 1.54) is 22.8 Å². The predicted octanol–water partition coefficient (Wildman–Crippen LogP) is 0.495. The number of rotatable bonds is 6. The third-order valence-electron chi connectivity index (χ3n) is 2.69. The molecule has 0 saturated carbocycles. The Bertz CT molecular complexity index is 646. The van der Waals surface area contributed by atoms with Crippen LogP contribution in [0.4, 0.5) is 0 Å². The van der Waals surface area contributed by atoms with E-state index < -0.39 is 10.0 Å². The second kappa shape index (κ2) is 5.83. The highest BCUT2D eigenvalue weighted by Crippen LogP contribution is 2.18. The monoisotopic (exact) mass is 301 g/mol. The zero-order chi connectivity index (χ0) is 13.9. The van der Waals surface area contributed by atoms with Gasteiger partial charge in [-0.05, 0) is 12.1 Å². The molecule has 0 amide bonds. The second-order valence-electron chi connectivity index (χ2n) is 4.00. The summed E-state index contributed by atoms with van der Waals surface area (Å²) in [5.41, 5.74) is 0.962. The molecule has 0 aliphatic carbocycles. The molecule has 0 unspecified atom stereocenters. The highest BCUT2D eigenvalue weighted by Gasteiger charge is 2.15. The molecule has 2 N–H and O–H groups in total. The van der Waals surface area contributed by atoms with E-state index in [0.717, 1.165) is 5.69 Å². The van der Waals surface area contributed by atoms with Crippen molar-refractivity contribution in [3.63, 3.8) is 0 Å². The van der Waals surface area contributed by atoms with Crippen LogP contribution in [0.25, 0.3) is 0 Å². The predicted molar refractivity (Wildman–Crippen MR) is 72.3 cm³/mol. The molecule has 8 heteroatoms. The lowest BCUT2D eigenvalue weighted by atomic mass is 10.3. The Balaban J connectivity index is 1.96. The fourth-order valence-electron chi connectivity index (χ4n) is 1.63. The van der Waals surface area contributed by atoms with Crippen molar-refractivity contribution in [1.29, 1.82) is 0 Å².